The molecule has 34 heavy (non-hydrogen) atoms. The van der Waals surface area contributed by atoms with E-state index in [2.05, 4.69) is 22.1 Å². The lowest BCUT2D eigenvalue weighted by atomic mass is 10.0. The number of benzene rings is 2. The van der Waals surface area contributed by atoms with Crippen LogP contribution < -0.4 is 10.2 Å². The van der Waals surface area contributed by atoms with Crippen molar-refractivity contribution in [2.75, 3.05) is 36.4 Å². The molecule has 1 aromatic heterocycles. The van der Waals surface area contributed by atoms with Crippen LogP contribution in [-0.4, -0.2) is 47.1 Å². The zero-order chi connectivity index (χ0) is 24.1. The van der Waals surface area contributed by atoms with Gasteiger partial charge >= 0.3 is 6.03 Å². The smallest absolute Gasteiger partial charge is 0.321 e. The highest BCUT2D eigenvalue weighted by Crippen LogP contribution is 2.26. The summed E-state index contributed by atoms with van der Waals surface area (Å²) in [7, 11) is 0. The van der Waals surface area contributed by atoms with E-state index in [1.54, 1.807) is 35.2 Å². The second kappa shape index (κ2) is 10.6. The van der Waals surface area contributed by atoms with E-state index in [0.29, 0.717) is 31.9 Å². The number of hydrogen-bond donors (Lipinski definition) is 1. The lowest BCUT2D eigenvalue weighted by Crippen LogP contribution is -2.38. The van der Waals surface area contributed by atoms with Gasteiger partial charge in [-0.05, 0) is 49.6 Å². The first-order chi connectivity index (χ1) is 16.4. The van der Waals surface area contributed by atoms with E-state index in [0.717, 1.165) is 42.0 Å². The second-order valence-electron chi connectivity index (χ2n) is 8.42. The first-order valence-electron chi connectivity index (χ1n) is 11.6. The van der Waals surface area contributed by atoms with E-state index < -0.39 is 5.82 Å². The van der Waals surface area contributed by atoms with Crippen LogP contribution >= 0.6 is 0 Å². The van der Waals surface area contributed by atoms with Crippen LogP contribution in [-0.2, 0) is 12.8 Å². The molecule has 0 saturated carbocycles. The Bertz CT molecular complexity index is 1170. The topological polar surface area (TPSA) is 61.4 Å². The van der Waals surface area contributed by atoms with Gasteiger partial charge in [-0.2, -0.15) is 0 Å². The first kappa shape index (κ1) is 23.6. The molecule has 0 bridgehead atoms. The monoisotopic (exact) mass is 465 g/mol. The molecule has 4 rings (SSSR count). The Hall–Kier alpha value is -3.55. The van der Waals surface area contributed by atoms with Crippen molar-refractivity contribution in [1.82, 2.24) is 14.9 Å². The summed E-state index contributed by atoms with van der Waals surface area (Å²) in [5.74, 6) is 0.799. The molecule has 0 atom stereocenters. The van der Waals surface area contributed by atoms with Gasteiger partial charge in [-0.1, -0.05) is 31.2 Å². The predicted octanol–water partition coefficient (Wildman–Crippen LogP) is 4.96. The van der Waals surface area contributed by atoms with Crippen LogP contribution in [0, 0.1) is 18.6 Å². The van der Waals surface area contributed by atoms with Gasteiger partial charge in [0.05, 0.1) is 5.69 Å². The molecule has 2 aromatic carbocycles. The van der Waals surface area contributed by atoms with Crippen molar-refractivity contribution >= 4 is 17.5 Å². The van der Waals surface area contributed by atoms with Gasteiger partial charge in [0, 0.05) is 43.9 Å². The summed E-state index contributed by atoms with van der Waals surface area (Å²) in [6, 6.07) is 12.4. The Kier molecular flexibility index (Phi) is 7.35. The molecular weight excluding hydrogens is 436 g/mol. The highest BCUT2D eigenvalue weighted by atomic mass is 19.1. The molecule has 1 aliphatic heterocycles. The highest BCUT2D eigenvalue weighted by Gasteiger charge is 2.24. The summed E-state index contributed by atoms with van der Waals surface area (Å²) in [5.41, 5.74) is 2.97. The van der Waals surface area contributed by atoms with Crippen molar-refractivity contribution < 1.29 is 13.6 Å². The average molecular weight is 466 g/mol. The third-order valence-corrected chi connectivity index (χ3v) is 5.99. The molecule has 0 radical (unpaired) electrons. The molecule has 1 fully saturated rings. The largest absolute Gasteiger partial charge is 0.354 e. The lowest BCUT2D eigenvalue weighted by Gasteiger charge is -2.26. The van der Waals surface area contributed by atoms with Crippen LogP contribution in [0.5, 0.6) is 0 Å². The number of hydrogen-bond acceptors (Lipinski definition) is 4. The third-order valence-electron chi connectivity index (χ3n) is 5.99. The van der Waals surface area contributed by atoms with E-state index in [-0.39, 0.29) is 17.5 Å². The summed E-state index contributed by atoms with van der Waals surface area (Å²) < 4.78 is 27.8. The number of rotatable bonds is 5. The second-order valence-corrected chi connectivity index (χ2v) is 8.42. The quantitative estimate of drug-likeness (QED) is 0.579. The van der Waals surface area contributed by atoms with Crippen LogP contribution in [0.3, 0.4) is 0 Å². The molecule has 8 heteroatoms. The van der Waals surface area contributed by atoms with Crippen LogP contribution in [0.25, 0.3) is 0 Å². The fraction of sp³-hybridized carbons (Fsp3) is 0.346. The summed E-state index contributed by atoms with van der Waals surface area (Å²) in [6.45, 7) is 6.27. The normalized spacial score (nSPS) is 14.1. The molecule has 2 heterocycles. The Balaban J connectivity index is 1.54. The Morgan fingerprint density at radius 2 is 1.85 bits per heavy atom. The molecule has 1 saturated heterocycles. The van der Waals surface area contributed by atoms with Crippen molar-refractivity contribution in [3.63, 3.8) is 0 Å². The number of carbonyl (C=O) groups is 1. The van der Waals surface area contributed by atoms with Gasteiger partial charge < -0.3 is 15.1 Å². The van der Waals surface area contributed by atoms with E-state index >= 15 is 0 Å². The fourth-order valence-electron chi connectivity index (χ4n) is 4.31. The molecular formula is C26H29F2N5O. The van der Waals surface area contributed by atoms with Crippen LogP contribution in [0.2, 0.25) is 0 Å². The van der Waals surface area contributed by atoms with Gasteiger partial charge in [-0.3, -0.25) is 0 Å². The molecule has 178 valence electrons. The van der Waals surface area contributed by atoms with Gasteiger partial charge in [0.25, 0.3) is 0 Å². The maximum absolute atomic E-state index is 14.0. The number of amides is 2. The number of anilines is 2. The van der Waals surface area contributed by atoms with Gasteiger partial charge in [0.1, 0.15) is 23.3 Å². The number of nitrogens with one attached hydrogen (secondary N) is 1. The lowest BCUT2D eigenvalue weighted by molar-refractivity contribution is 0.215. The Morgan fingerprint density at radius 1 is 1.03 bits per heavy atom. The minimum absolute atomic E-state index is 0.171. The van der Waals surface area contributed by atoms with Crippen LogP contribution in [0.15, 0.2) is 48.5 Å². The van der Waals surface area contributed by atoms with E-state index in [1.165, 1.54) is 12.1 Å². The molecule has 0 unspecified atom stereocenters. The van der Waals surface area contributed by atoms with Gasteiger partial charge in [-0.25, -0.2) is 23.5 Å². The van der Waals surface area contributed by atoms with E-state index in [1.807, 2.05) is 13.0 Å². The molecule has 1 aliphatic rings. The van der Waals surface area contributed by atoms with Crippen molar-refractivity contribution in [3.05, 3.63) is 82.8 Å². The SMILES string of the molecule is CCc1nc(C)nc(N2CCCN(C(=O)Nc3ccccc3F)CC2)c1Cc1cccc(F)c1. The number of para-hydroxylation sites is 1. The standard InChI is InChI=1S/C26H29F2N5O/c1-3-23-21(17-19-8-6-9-20(27)16-19)25(30-18(2)29-23)32-12-7-13-33(15-14-32)26(34)31-24-11-5-4-10-22(24)28/h4-6,8-11,16H,3,7,12-15,17H2,1-2H3,(H,31,34). The number of nitrogens with zero attached hydrogens (tertiary/aromatic N) is 4. The maximum atomic E-state index is 14.0. The summed E-state index contributed by atoms with van der Waals surface area (Å²) in [4.78, 5) is 26.1. The minimum atomic E-state index is -0.460. The van der Waals surface area contributed by atoms with Crippen molar-refractivity contribution in [2.45, 2.75) is 33.1 Å². The number of halogens is 2. The molecule has 3 aromatic rings. The molecule has 1 N–H and O–H groups in total. The van der Waals surface area contributed by atoms with Crippen LogP contribution in [0.4, 0.5) is 25.1 Å². The number of carbonyl (C=O) groups excluding carboxylic acids is 1. The zero-order valence-corrected chi connectivity index (χ0v) is 19.5. The number of aryl methyl sites for hydroxylation is 2. The Labute approximate surface area is 198 Å². The van der Waals surface area contributed by atoms with Gasteiger partial charge in [0.2, 0.25) is 0 Å². The molecule has 0 aliphatic carbocycles. The molecule has 0 spiro atoms. The predicted molar refractivity (Wildman–Crippen MR) is 129 cm³/mol. The average Bonchev–Trinajstić information content (AvgIpc) is 3.08. The first-order valence-corrected chi connectivity index (χ1v) is 11.6. The molecule has 2 amide bonds. The van der Waals surface area contributed by atoms with Crippen molar-refractivity contribution in [3.8, 4) is 0 Å². The number of aromatic nitrogens is 2. The van der Waals surface area contributed by atoms with Crippen molar-refractivity contribution in [2.24, 2.45) is 0 Å². The number of urea groups is 1. The van der Waals surface area contributed by atoms with Crippen LogP contribution in [0.1, 0.15) is 36.0 Å². The van der Waals surface area contributed by atoms with E-state index in [4.69, 9.17) is 4.98 Å². The molecule has 6 nitrogen and oxygen atoms in total. The zero-order valence-electron chi connectivity index (χ0n) is 19.5. The van der Waals surface area contributed by atoms with Gasteiger partial charge in [-0.15, -0.1) is 0 Å². The summed E-state index contributed by atoms with van der Waals surface area (Å²) >= 11 is 0. The summed E-state index contributed by atoms with van der Waals surface area (Å²) in [5, 5.41) is 2.67. The highest BCUT2D eigenvalue weighted by molar-refractivity contribution is 5.89. The third kappa shape index (κ3) is 5.50. The van der Waals surface area contributed by atoms with E-state index in [9.17, 15) is 13.6 Å². The fourth-order valence-corrected chi connectivity index (χ4v) is 4.31. The maximum Gasteiger partial charge on any atom is 0.321 e. The van der Waals surface area contributed by atoms with Gasteiger partial charge in [0.15, 0.2) is 0 Å². The van der Waals surface area contributed by atoms with Crippen molar-refractivity contribution in [1.29, 1.82) is 0 Å². The summed E-state index contributed by atoms with van der Waals surface area (Å²) in [6.07, 6.45) is 2.02. The minimum Gasteiger partial charge on any atom is -0.354 e. The Morgan fingerprint density at radius 3 is 2.62 bits per heavy atom.